The molecule has 0 aliphatic rings. The molecule has 0 spiro atoms. The number of benzene rings is 2. The van der Waals surface area contributed by atoms with E-state index in [9.17, 15) is 19.2 Å². The third-order valence-electron chi connectivity index (χ3n) is 4.34. The summed E-state index contributed by atoms with van der Waals surface area (Å²) in [4.78, 5) is 49.0. The van der Waals surface area contributed by atoms with Crippen molar-refractivity contribution in [1.82, 2.24) is 15.5 Å². The van der Waals surface area contributed by atoms with Gasteiger partial charge in [0.15, 0.2) is 0 Å². The maximum absolute atomic E-state index is 12.3. The van der Waals surface area contributed by atoms with E-state index in [1.165, 1.54) is 4.90 Å². The van der Waals surface area contributed by atoms with Crippen LogP contribution in [0.1, 0.15) is 28.8 Å². The molecule has 5 amide bonds. The van der Waals surface area contributed by atoms with Crippen LogP contribution in [0.15, 0.2) is 54.6 Å². The number of para-hydroxylation sites is 1. The number of hydrogen-bond acceptors (Lipinski definition) is 4. The number of nitrogens with two attached hydrogens (primary N) is 1. The third-order valence-corrected chi connectivity index (χ3v) is 4.34. The Morgan fingerprint density at radius 3 is 2.23 bits per heavy atom. The lowest BCUT2D eigenvalue weighted by Gasteiger charge is -2.18. The van der Waals surface area contributed by atoms with Gasteiger partial charge in [0.1, 0.15) is 0 Å². The summed E-state index contributed by atoms with van der Waals surface area (Å²) in [7, 11) is 1.68. The summed E-state index contributed by atoms with van der Waals surface area (Å²) in [6.45, 7) is 0.715. The topological polar surface area (TPSA) is 134 Å². The zero-order valence-electron chi connectivity index (χ0n) is 17.4. The quantitative estimate of drug-likeness (QED) is 0.458. The van der Waals surface area contributed by atoms with E-state index in [1.807, 2.05) is 30.3 Å². The molecule has 164 valence electrons. The smallest absolute Gasteiger partial charge is 0.317 e. The van der Waals surface area contributed by atoms with Crippen molar-refractivity contribution >= 4 is 29.4 Å². The van der Waals surface area contributed by atoms with Crippen LogP contribution < -0.4 is 21.7 Å². The van der Waals surface area contributed by atoms with Gasteiger partial charge in [-0.2, -0.15) is 0 Å². The molecule has 0 saturated heterocycles. The summed E-state index contributed by atoms with van der Waals surface area (Å²) in [6, 6.07) is 15.8. The van der Waals surface area contributed by atoms with Crippen LogP contribution in [0.5, 0.6) is 0 Å². The predicted molar refractivity (Wildman–Crippen MR) is 117 cm³/mol. The largest absolute Gasteiger partial charge is 0.370 e. The number of anilines is 1. The number of carbonyl (C=O) groups is 4. The highest BCUT2D eigenvalue weighted by Crippen LogP contribution is 2.15. The van der Waals surface area contributed by atoms with E-state index in [2.05, 4.69) is 16.0 Å². The zero-order chi connectivity index (χ0) is 22.6. The highest BCUT2D eigenvalue weighted by atomic mass is 16.2. The summed E-state index contributed by atoms with van der Waals surface area (Å²) < 4.78 is 0. The zero-order valence-corrected chi connectivity index (χ0v) is 17.4. The second-order valence-electron chi connectivity index (χ2n) is 6.89. The molecule has 0 heterocycles. The van der Waals surface area contributed by atoms with E-state index in [0.29, 0.717) is 12.2 Å². The summed E-state index contributed by atoms with van der Waals surface area (Å²) in [5, 5.41) is 7.96. The van der Waals surface area contributed by atoms with Crippen molar-refractivity contribution in [2.24, 2.45) is 5.73 Å². The van der Waals surface area contributed by atoms with Crippen molar-refractivity contribution < 1.29 is 19.2 Å². The van der Waals surface area contributed by atoms with Crippen LogP contribution in [-0.2, 0) is 16.1 Å². The number of hydrogen-bond donors (Lipinski definition) is 4. The average Bonchev–Trinajstić information content (AvgIpc) is 2.74. The minimum Gasteiger partial charge on any atom is -0.370 e. The molecular weight excluding hydrogens is 398 g/mol. The predicted octanol–water partition coefficient (Wildman–Crippen LogP) is 1.46. The normalized spacial score (nSPS) is 10.1. The van der Waals surface area contributed by atoms with Crippen molar-refractivity contribution in [2.75, 3.05) is 25.5 Å². The molecule has 0 atom stereocenters. The summed E-state index contributed by atoms with van der Waals surface area (Å²) in [5.41, 5.74) is 6.68. The molecule has 0 fully saturated rings. The Morgan fingerprint density at radius 2 is 1.52 bits per heavy atom. The number of primary amides is 1. The molecule has 0 aliphatic carbocycles. The van der Waals surface area contributed by atoms with Gasteiger partial charge in [0, 0.05) is 39.5 Å². The summed E-state index contributed by atoms with van der Waals surface area (Å²) in [5.74, 6) is -1.28. The lowest BCUT2D eigenvalue weighted by atomic mass is 10.1. The first-order chi connectivity index (χ1) is 14.9. The van der Waals surface area contributed by atoms with Crippen LogP contribution in [0.25, 0.3) is 0 Å². The van der Waals surface area contributed by atoms with Gasteiger partial charge in [0.05, 0.1) is 11.3 Å². The molecule has 2 rings (SSSR count). The Kier molecular flexibility index (Phi) is 9.03. The minimum absolute atomic E-state index is 0.0265. The van der Waals surface area contributed by atoms with Crippen molar-refractivity contribution in [2.45, 2.75) is 19.4 Å². The van der Waals surface area contributed by atoms with E-state index in [1.54, 1.807) is 31.3 Å². The van der Waals surface area contributed by atoms with Gasteiger partial charge in [-0.15, -0.1) is 0 Å². The Bertz CT molecular complexity index is 917. The van der Waals surface area contributed by atoms with Crippen molar-refractivity contribution in [1.29, 1.82) is 0 Å². The van der Waals surface area contributed by atoms with E-state index in [-0.39, 0.29) is 43.4 Å². The molecule has 2 aromatic carbocycles. The highest BCUT2D eigenvalue weighted by Gasteiger charge is 2.14. The third kappa shape index (κ3) is 8.17. The Balaban J connectivity index is 1.80. The van der Waals surface area contributed by atoms with Crippen molar-refractivity contribution in [3.05, 3.63) is 65.7 Å². The van der Waals surface area contributed by atoms with Crippen molar-refractivity contribution in [3.8, 4) is 0 Å². The molecule has 9 nitrogen and oxygen atoms in total. The Labute approximate surface area is 181 Å². The molecule has 0 unspecified atom stereocenters. The number of amides is 5. The molecule has 0 radical (unpaired) electrons. The fraction of sp³-hybridized carbons (Fsp3) is 0.273. The molecule has 5 N–H and O–H groups in total. The number of nitrogens with zero attached hydrogens (tertiary/aromatic N) is 1. The van der Waals surface area contributed by atoms with Crippen LogP contribution >= 0.6 is 0 Å². The SMILES string of the molecule is CN(Cc1ccccc1)C(=O)NCCC(=O)Nc1ccccc1C(=O)NCCC(N)=O. The molecule has 0 aliphatic heterocycles. The minimum atomic E-state index is -0.515. The second-order valence-corrected chi connectivity index (χ2v) is 6.89. The molecule has 9 heteroatoms. The molecule has 31 heavy (non-hydrogen) atoms. The first-order valence-corrected chi connectivity index (χ1v) is 9.85. The lowest BCUT2D eigenvalue weighted by molar-refractivity contribution is -0.118. The first kappa shape index (κ1) is 23.4. The van der Waals surface area contributed by atoms with Crippen LogP contribution in [0.2, 0.25) is 0 Å². The monoisotopic (exact) mass is 425 g/mol. The van der Waals surface area contributed by atoms with Crippen molar-refractivity contribution in [3.63, 3.8) is 0 Å². The van der Waals surface area contributed by atoms with Gasteiger partial charge in [-0.3, -0.25) is 14.4 Å². The number of carbonyl (C=O) groups excluding carboxylic acids is 4. The fourth-order valence-corrected chi connectivity index (χ4v) is 2.74. The molecule has 0 aromatic heterocycles. The van der Waals surface area contributed by atoms with E-state index in [4.69, 9.17) is 5.73 Å². The second kappa shape index (κ2) is 12.0. The van der Waals surface area contributed by atoms with Gasteiger partial charge >= 0.3 is 6.03 Å². The Morgan fingerprint density at radius 1 is 0.871 bits per heavy atom. The molecule has 0 saturated carbocycles. The van der Waals surface area contributed by atoms with E-state index in [0.717, 1.165) is 5.56 Å². The average molecular weight is 425 g/mol. The van der Waals surface area contributed by atoms with Crippen LogP contribution in [-0.4, -0.2) is 48.8 Å². The maximum atomic E-state index is 12.3. The highest BCUT2D eigenvalue weighted by molar-refractivity contribution is 6.03. The van der Waals surface area contributed by atoms with Gasteiger partial charge < -0.3 is 26.6 Å². The first-order valence-electron chi connectivity index (χ1n) is 9.85. The van der Waals surface area contributed by atoms with E-state index < -0.39 is 11.8 Å². The van der Waals surface area contributed by atoms with Gasteiger partial charge in [-0.25, -0.2) is 4.79 Å². The van der Waals surface area contributed by atoms with Gasteiger partial charge in [-0.1, -0.05) is 42.5 Å². The number of urea groups is 1. The standard InChI is InChI=1S/C22H27N5O4/c1-27(15-16-7-3-2-4-8-16)22(31)25-14-12-20(29)26-18-10-6-5-9-17(18)21(30)24-13-11-19(23)28/h2-10H,11-15H2,1H3,(H2,23,28)(H,24,30)(H,25,31)(H,26,29). The van der Waals surface area contributed by atoms with Crippen LogP contribution in [0.4, 0.5) is 10.5 Å². The maximum Gasteiger partial charge on any atom is 0.317 e. The molecule has 0 bridgehead atoms. The fourth-order valence-electron chi connectivity index (χ4n) is 2.74. The molecule has 2 aromatic rings. The summed E-state index contributed by atoms with van der Waals surface area (Å²) >= 11 is 0. The van der Waals surface area contributed by atoms with Crippen LogP contribution in [0, 0.1) is 0 Å². The van der Waals surface area contributed by atoms with Gasteiger partial charge in [-0.05, 0) is 17.7 Å². The van der Waals surface area contributed by atoms with E-state index >= 15 is 0 Å². The van der Waals surface area contributed by atoms with Crippen LogP contribution in [0.3, 0.4) is 0 Å². The summed E-state index contributed by atoms with van der Waals surface area (Å²) in [6.07, 6.45) is 0.0707. The number of rotatable bonds is 10. The Hall–Kier alpha value is -3.88. The lowest BCUT2D eigenvalue weighted by Crippen LogP contribution is -2.38. The van der Waals surface area contributed by atoms with Gasteiger partial charge in [0.2, 0.25) is 11.8 Å². The van der Waals surface area contributed by atoms with Gasteiger partial charge in [0.25, 0.3) is 5.91 Å². The molecular formula is C22H27N5O4. The number of nitrogens with one attached hydrogen (secondary N) is 3.